The topological polar surface area (TPSA) is 81.2 Å². The Morgan fingerprint density at radius 3 is 3.17 bits per heavy atom. The van der Waals surface area contributed by atoms with Crippen LogP contribution in [0.1, 0.15) is 12.6 Å². The van der Waals surface area contributed by atoms with E-state index in [1.807, 2.05) is 17.5 Å². The van der Waals surface area contributed by atoms with Crippen LogP contribution in [0.25, 0.3) is 10.8 Å². The molecule has 6 heteroatoms. The first-order chi connectivity index (χ1) is 8.70. The van der Waals surface area contributed by atoms with Crippen LogP contribution in [0.4, 0.5) is 0 Å². The molecular formula is C12H15N3O2S. The van der Waals surface area contributed by atoms with Crippen molar-refractivity contribution in [2.24, 2.45) is 11.7 Å². The molecule has 1 unspecified atom stereocenters. The van der Waals surface area contributed by atoms with Crippen molar-refractivity contribution in [3.05, 3.63) is 29.5 Å². The summed E-state index contributed by atoms with van der Waals surface area (Å²) in [5.41, 5.74) is 6.25. The number of aromatic nitrogens is 1. The zero-order chi connectivity index (χ0) is 13.0. The van der Waals surface area contributed by atoms with E-state index in [1.54, 1.807) is 13.2 Å². The van der Waals surface area contributed by atoms with E-state index in [2.05, 4.69) is 10.3 Å². The Balaban J connectivity index is 1.93. The van der Waals surface area contributed by atoms with Crippen molar-refractivity contribution in [3.8, 4) is 10.8 Å². The van der Waals surface area contributed by atoms with E-state index in [0.29, 0.717) is 13.1 Å². The van der Waals surface area contributed by atoms with Crippen LogP contribution in [-0.4, -0.2) is 17.4 Å². The van der Waals surface area contributed by atoms with E-state index >= 15 is 0 Å². The quantitative estimate of drug-likeness (QED) is 0.860. The molecule has 0 aromatic carbocycles. The highest BCUT2D eigenvalue weighted by molar-refractivity contribution is 7.13. The standard InChI is InChI=1S/C12H15N3O2S/c1-8(5-13)11(16)14-6-9-7-18-12(15-9)10-3-2-4-17-10/h2-4,7-8H,5-6,13H2,1H3,(H,14,16). The molecule has 2 aromatic rings. The number of nitrogens with zero attached hydrogens (tertiary/aromatic N) is 1. The molecule has 0 saturated carbocycles. The maximum atomic E-state index is 11.5. The number of hydrogen-bond donors (Lipinski definition) is 2. The van der Waals surface area contributed by atoms with Gasteiger partial charge in [-0.15, -0.1) is 11.3 Å². The minimum atomic E-state index is -0.173. The summed E-state index contributed by atoms with van der Waals surface area (Å²) < 4.78 is 5.26. The van der Waals surface area contributed by atoms with Crippen LogP contribution < -0.4 is 11.1 Å². The molecule has 0 saturated heterocycles. The van der Waals surface area contributed by atoms with Gasteiger partial charge in [0.2, 0.25) is 5.91 Å². The first kappa shape index (κ1) is 12.8. The molecule has 5 nitrogen and oxygen atoms in total. The molecule has 0 spiro atoms. The second-order valence-electron chi connectivity index (χ2n) is 3.98. The molecule has 0 aliphatic heterocycles. The molecule has 1 amide bonds. The van der Waals surface area contributed by atoms with E-state index in [0.717, 1.165) is 16.5 Å². The number of carbonyl (C=O) groups is 1. The lowest BCUT2D eigenvalue weighted by Gasteiger charge is -2.08. The molecule has 0 aliphatic rings. The Morgan fingerprint density at radius 1 is 1.67 bits per heavy atom. The summed E-state index contributed by atoms with van der Waals surface area (Å²) in [6, 6.07) is 3.68. The van der Waals surface area contributed by atoms with E-state index in [1.165, 1.54) is 11.3 Å². The Morgan fingerprint density at radius 2 is 2.50 bits per heavy atom. The number of amides is 1. The van der Waals surface area contributed by atoms with E-state index in [9.17, 15) is 4.79 Å². The van der Waals surface area contributed by atoms with Gasteiger partial charge in [0.25, 0.3) is 0 Å². The smallest absolute Gasteiger partial charge is 0.224 e. The lowest BCUT2D eigenvalue weighted by molar-refractivity contribution is -0.124. The summed E-state index contributed by atoms with van der Waals surface area (Å²) in [4.78, 5) is 15.9. The summed E-state index contributed by atoms with van der Waals surface area (Å²) in [6.45, 7) is 2.56. The third-order valence-corrected chi connectivity index (χ3v) is 3.43. The Labute approximate surface area is 109 Å². The Kier molecular flexibility index (Phi) is 4.11. The molecule has 3 N–H and O–H groups in total. The third kappa shape index (κ3) is 2.96. The molecule has 0 bridgehead atoms. The maximum Gasteiger partial charge on any atom is 0.224 e. The molecule has 0 aliphatic carbocycles. The van der Waals surface area contributed by atoms with Crippen molar-refractivity contribution in [2.45, 2.75) is 13.5 Å². The summed E-state index contributed by atoms with van der Waals surface area (Å²) in [7, 11) is 0. The van der Waals surface area contributed by atoms with E-state index in [-0.39, 0.29) is 11.8 Å². The zero-order valence-corrected chi connectivity index (χ0v) is 10.9. The van der Waals surface area contributed by atoms with Crippen LogP contribution in [0.2, 0.25) is 0 Å². The molecule has 96 valence electrons. The number of rotatable bonds is 5. The van der Waals surface area contributed by atoms with Gasteiger partial charge in [-0.3, -0.25) is 4.79 Å². The second-order valence-corrected chi connectivity index (χ2v) is 4.83. The van der Waals surface area contributed by atoms with Gasteiger partial charge in [0, 0.05) is 17.8 Å². The average Bonchev–Trinajstić information content (AvgIpc) is 3.04. The highest BCUT2D eigenvalue weighted by atomic mass is 32.1. The number of nitrogens with two attached hydrogens (primary N) is 1. The van der Waals surface area contributed by atoms with Crippen LogP contribution in [0.5, 0.6) is 0 Å². The highest BCUT2D eigenvalue weighted by Crippen LogP contribution is 2.23. The van der Waals surface area contributed by atoms with Crippen molar-refractivity contribution in [1.29, 1.82) is 0 Å². The first-order valence-electron chi connectivity index (χ1n) is 5.66. The van der Waals surface area contributed by atoms with Crippen LogP contribution in [0.3, 0.4) is 0 Å². The van der Waals surface area contributed by atoms with Gasteiger partial charge >= 0.3 is 0 Å². The van der Waals surface area contributed by atoms with Crippen LogP contribution in [0.15, 0.2) is 28.2 Å². The fraction of sp³-hybridized carbons (Fsp3) is 0.333. The summed E-state index contributed by atoms with van der Waals surface area (Å²) in [5, 5.41) is 5.53. The van der Waals surface area contributed by atoms with Crippen molar-refractivity contribution in [3.63, 3.8) is 0 Å². The largest absolute Gasteiger partial charge is 0.462 e. The van der Waals surface area contributed by atoms with Gasteiger partial charge in [-0.05, 0) is 12.1 Å². The predicted octanol–water partition coefficient (Wildman–Crippen LogP) is 1.61. The van der Waals surface area contributed by atoms with Gasteiger partial charge in [0.1, 0.15) is 0 Å². The molecule has 2 heterocycles. The number of thiazole rings is 1. The minimum Gasteiger partial charge on any atom is -0.462 e. The molecular weight excluding hydrogens is 250 g/mol. The first-order valence-corrected chi connectivity index (χ1v) is 6.54. The fourth-order valence-corrected chi connectivity index (χ4v) is 2.15. The summed E-state index contributed by atoms with van der Waals surface area (Å²) in [5.74, 6) is 0.520. The number of nitrogens with one attached hydrogen (secondary N) is 1. The van der Waals surface area contributed by atoms with Gasteiger partial charge in [0.15, 0.2) is 10.8 Å². The fourth-order valence-electron chi connectivity index (χ4n) is 1.36. The van der Waals surface area contributed by atoms with Crippen molar-refractivity contribution < 1.29 is 9.21 Å². The van der Waals surface area contributed by atoms with Gasteiger partial charge in [-0.1, -0.05) is 6.92 Å². The summed E-state index contributed by atoms with van der Waals surface area (Å²) >= 11 is 1.49. The monoisotopic (exact) mass is 265 g/mol. The lowest BCUT2D eigenvalue weighted by Crippen LogP contribution is -2.32. The number of hydrogen-bond acceptors (Lipinski definition) is 5. The lowest BCUT2D eigenvalue weighted by atomic mass is 10.2. The molecule has 2 rings (SSSR count). The average molecular weight is 265 g/mol. The van der Waals surface area contributed by atoms with Crippen LogP contribution >= 0.6 is 11.3 Å². The SMILES string of the molecule is CC(CN)C(=O)NCc1csc(-c2ccco2)n1. The van der Waals surface area contributed by atoms with Crippen molar-refractivity contribution in [2.75, 3.05) is 6.54 Å². The Bertz CT molecular complexity index is 507. The number of furan rings is 1. The molecule has 0 fully saturated rings. The van der Waals surface area contributed by atoms with Gasteiger partial charge in [-0.2, -0.15) is 0 Å². The van der Waals surface area contributed by atoms with E-state index in [4.69, 9.17) is 10.2 Å². The predicted molar refractivity (Wildman–Crippen MR) is 69.9 cm³/mol. The molecule has 0 radical (unpaired) electrons. The van der Waals surface area contributed by atoms with E-state index < -0.39 is 0 Å². The zero-order valence-electron chi connectivity index (χ0n) is 10.1. The third-order valence-electron chi connectivity index (χ3n) is 2.53. The van der Waals surface area contributed by atoms with Gasteiger partial charge in [0.05, 0.1) is 18.5 Å². The Hall–Kier alpha value is -1.66. The van der Waals surface area contributed by atoms with Gasteiger partial charge < -0.3 is 15.5 Å². The number of carbonyl (C=O) groups excluding carboxylic acids is 1. The second kappa shape index (κ2) is 5.79. The van der Waals surface area contributed by atoms with Crippen molar-refractivity contribution in [1.82, 2.24) is 10.3 Å². The van der Waals surface area contributed by atoms with Gasteiger partial charge in [-0.25, -0.2) is 4.98 Å². The minimum absolute atomic E-state index is 0.0509. The maximum absolute atomic E-state index is 11.5. The summed E-state index contributed by atoms with van der Waals surface area (Å²) in [6.07, 6.45) is 1.61. The van der Waals surface area contributed by atoms with Crippen LogP contribution in [0, 0.1) is 5.92 Å². The molecule has 2 aromatic heterocycles. The highest BCUT2D eigenvalue weighted by Gasteiger charge is 2.11. The van der Waals surface area contributed by atoms with Crippen LogP contribution in [-0.2, 0) is 11.3 Å². The normalized spacial score (nSPS) is 12.3. The van der Waals surface area contributed by atoms with Crippen molar-refractivity contribution >= 4 is 17.2 Å². The molecule has 1 atom stereocenters. The molecule has 18 heavy (non-hydrogen) atoms.